The van der Waals surface area contributed by atoms with E-state index in [0.717, 1.165) is 19.3 Å². The average molecular weight is 386 g/mol. The van der Waals surface area contributed by atoms with Crippen molar-refractivity contribution in [1.82, 2.24) is 0 Å². The lowest BCUT2D eigenvalue weighted by Gasteiger charge is -2.14. The predicted octanol–water partition coefficient (Wildman–Crippen LogP) is 3.82. The van der Waals surface area contributed by atoms with Gasteiger partial charge >= 0.3 is 15.6 Å². The largest absolute Gasteiger partial charge is 0.534 e. The highest BCUT2D eigenvalue weighted by molar-refractivity contribution is 7.88. The lowest BCUT2D eigenvalue weighted by atomic mass is 10.1. The van der Waals surface area contributed by atoms with Crippen molar-refractivity contribution >= 4 is 22.0 Å². The molecule has 0 atom stereocenters. The van der Waals surface area contributed by atoms with Crippen LogP contribution in [0.5, 0.6) is 11.5 Å². The fraction of sp³-hybridized carbons (Fsp3) is 0.118. The van der Waals surface area contributed by atoms with Crippen LogP contribution in [0.2, 0.25) is 0 Å². The Balaban J connectivity index is 2.43. The molecule has 0 spiro atoms. The van der Waals surface area contributed by atoms with Gasteiger partial charge in [0.15, 0.2) is 17.3 Å². The summed E-state index contributed by atoms with van der Waals surface area (Å²) in [5.74, 6) is -1.90. The van der Waals surface area contributed by atoms with Gasteiger partial charge < -0.3 is 8.92 Å². The van der Waals surface area contributed by atoms with E-state index in [1.165, 1.54) is 18.2 Å². The standard InChI is InChI=1S/C17H13F3O5S/c1-24-15-9-5-8-13(16(15)25-26(22,23)17(18,19)20)14(21)11-10-12-6-3-2-4-7-12/h2-11H,1H3/b11-10+. The predicted molar refractivity (Wildman–Crippen MR) is 88.4 cm³/mol. The third kappa shape index (κ3) is 4.42. The molecular formula is C17H13F3O5S. The minimum absolute atomic E-state index is 0.322. The van der Waals surface area contributed by atoms with Crippen molar-refractivity contribution in [1.29, 1.82) is 0 Å². The van der Waals surface area contributed by atoms with Crippen LogP contribution in [0, 0.1) is 0 Å². The number of methoxy groups -OCH3 is 1. The van der Waals surface area contributed by atoms with Crippen molar-refractivity contribution < 1.29 is 35.3 Å². The summed E-state index contributed by atoms with van der Waals surface area (Å²) < 4.78 is 69.4. The molecule has 26 heavy (non-hydrogen) atoms. The molecule has 2 rings (SSSR count). The molecule has 0 aliphatic heterocycles. The van der Waals surface area contributed by atoms with Gasteiger partial charge in [-0.25, -0.2) is 0 Å². The molecule has 2 aromatic rings. The highest BCUT2D eigenvalue weighted by atomic mass is 32.2. The van der Waals surface area contributed by atoms with Crippen LogP contribution >= 0.6 is 0 Å². The van der Waals surface area contributed by atoms with Crippen molar-refractivity contribution in [2.45, 2.75) is 5.51 Å². The zero-order valence-electron chi connectivity index (χ0n) is 13.4. The second-order valence-electron chi connectivity index (χ2n) is 4.93. The van der Waals surface area contributed by atoms with Crippen molar-refractivity contribution in [3.05, 3.63) is 65.7 Å². The van der Waals surface area contributed by atoms with Gasteiger partial charge in [0.2, 0.25) is 0 Å². The summed E-state index contributed by atoms with van der Waals surface area (Å²) in [6.45, 7) is 0. The van der Waals surface area contributed by atoms with E-state index >= 15 is 0 Å². The van der Waals surface area contributed by atoms with Gasteiger partial charge in [-0.1, -0.05) is 42.5 Å². The second kappa shape index (κ2) is 7.61. The maximum Gasteiger partial charge on any atom is 0.534 e. The third-order valence-electron chi connectivity index (χ3n) is 3.17. The zero-order chi connectivity index (χ0) is 19.4. The Morgan fingerprint density at radius 1 is 1.04 bits per heavy atom. The fourth-order valence-corrected chi connectivity index (χ4v) is 2.43. The van der Waals surface area contributed by atoms with Crippen LogP contribution in [0.25, 0.3) is 6.08 Å². The van der Waals surface area contributed by atoms with Crippen LogP contribution in [0.1, 0.15) is 15.9 Å². The van der Waals surface area contributed by atoms with Crippen LogP contribution in [0.4, 0.5) is 13.2 Å². The lowest BCUT2D eigenvalue weighted by molar-refractivity contribution is -0.0500. The molecule has 0 N–H and O–H groups in total. The Morgan fingerprint density at radius 3 is 2.27 bits per heavy atom. The Kier molecular flexibility index (Phi) is 5.71. The maximum absolute atomic E-state index is 12.6. The molecule has 0 aromatic heterocycles. The second-order valence-corrected chi connectivity index (χ2v) is 6.47. The number of ether oxygens (including phenoxy) is 1. The quantitative estimate of drug-likeness (QED) is 0.327. The molecule has 0 aliphatic carbocycles. The first-order valence-corrected chi connectivity index (χ1v) is 8.52. The molecule has 9 heteroatoms. The van der Waals surface area contributed by atoms with E-state index in [4.69, 9.17) is 4.74 Å². The third-order valence-corrected chi connectivity index (χ3v) is 4.12. The number of alkyl halides is 3. The molecule has 0 amide bonds. The number of rotatable bonds is 6. The van der Waals surface area contributed by atoms with Crippen molar-refractivity contribution in [3.63, 3.8) is 0 Å². The molecule has 0 fully saturated rings. The van der Waals surface area contributed by atoms with Crippen LogP contribution in [-0.4, -0.2) is 26.8 Å². The van der Waals surface area contributed by atoms with Gasteiger partial charge in [0.25, 0.3) is 0 Å². The summed E-state index contributed by atoms with van der Waals surface area (Å²) in [5, 5.41) is 0. The van der Waals surface area contributed by atoms with Crippen molar-refractivity contribution in [3.8, 4) is 11.5 Å². The van der Waals surface area contributed by atoms with Crippen LogP contribution in [0.15, 0.2) is 54.6 Å². The van der Waals surface area contributed by atoms with Gasteiger partial charge in [0, 0.05) is 0 Å². The first-order valence-electron chi connectivity index (χ1n) is 7.11. The monoisotopic (exact) mass is 386 g/mol. The maximum atomic E-state index is 12.6. The van der Waals surface area contributed by atoms with Crippen LogP contribution in [-0.2, 0) is 10.1 Å². The van der Waals surface area contributed by atoms with E-state index in [2.05, 4.69) is 4.18 Å². The van der Waals surface area contributed by atoms with Gasteiger partial charge in [-0.15, -0.1) is 0 Å². The van der Waals surface area contributed by atoms with E-state index in [1.54, 1.807) is 30.3 Å². The number of hydrogen-bond donors (Lipinski definition) is 0. The van der Waals surface area contributed by atoms with E-state index in [0.29, 0.717) is 5.56 Å². The van der Waals surface area contributed by atoms with E-state index in [1.807, 2.05) is 0 Å². The minimum atomic E-state index is -5.96. The van der Waals surface area contributed by atoms with Crippen molar-refractivity contribution in [2.24, 2.45) is 0 Å². The number of ketones is 1. The highest BCUT2D eigenvalue weighted by Crippen LogP contribution is 2.36. The first-order chi connectivity index (χ1) is 12.2. The summed E-state index contributed by atoms with van der Waals surface area (Å²) in [5.41, 5.74) is -5.35. The number of benzene rings is 2. The first kappa shape index (κ1) is 19.5. The molecule has 5 nitrogen and oxygen atoms in total. The van der Waals surface area contributed by atoms with Gasteiger partial charge in [-0.3, -0.25) is 4.79 Å². The topological polar surface area (TPSA) is 69.7 Å². The molecule has 0 bridgehead atoms. The summed E-state index contributed by atoms with van der Waals surface area (Å²) in [7, 11) is -4.86. The Labute approximate surface area is 147 Å². The van der Waals surface area contributed by atoms with E-state index < -0.39 is 27.2 Å². The van der Waals surface area contributed by atoms with E-state index in [9.17, 15) is 26.4 Å². The van der Waals surface area contributed by atoms with Gasteiger partial charge in [-0.05, 0) is 23.8 Å². The van der Waals surface area contributed by atoms with Crippen LogP contribution in [0.3, 0.4) is 0 Å². The Bertz CT molecular complexity index is 919. The fourth-order valence-electron chi connectivity index (χ4n) is 1.94. The zero-order valence-corrected chi connectivity index (χ0v) is 14.2. The summed E-state index contributed by atoms with van der Waals surface area (Å²) in [6, 6.07) is 12.3. The minimum Gasteiger partial charge on any atom is -0.493 e. The normalized spacial score (nSPS) is 12.2. The lowest BCUT2D eigenvalue weighted by Crippen LogP contribution is -2.28. The highest BCUT2D eigenvalue weighted by Gasteiger charge is 2.49. The number of carbonyl (C=O) groups excluding carboxylic acids is 1. The number of carbonyl (C=O) groups is 1. The van der Waals surface area contributed by atoms with Gasteiger partial charge in [0.05, 0.1) is 12.7 Å². The average Bonchev–Trinajstić information content (AvgIpc) is 2.59. The molecule has 0 unspecified atom stereocenters. The number of para-hydroxylation sites is 1. The number of hydrogen-bond acceptors (Lipinski definition) is 5. The summed E-state index contributed by atoms with van der Waals surface area (Å²) in [6.07, 6.45) is 2.53. The van der Waals surface area contributed by atoms with Crippen LogP contribution < -0.4 is 8.92 Å². The van der Waals surface area contributed by atoms with Crippen molar-refractivity contribution in [2.75, 3.05) is 7.11 Å². The molecule has 0 saturated heterocycles. The Morgan fingerprint density at radius 2 is 1.69 bits per heavy atom. The molecule has 0 aliphatic rings. The van der Waals surface area contributed by atoms with Gasteiger partial charge in [0.1, 0.15) is 0 Å². The molecule has 0 heterocycles. The Hall–Kier alpha value is -2.81. The molecule has 0 saturated carbocycles. The molecule has 0 radical (unpaired) electrons. The number of halogens is 3. The molecule has 138 valence electrons. The summed E-state index contributed by atoms with van der Waals surface area (Å²) >= 11 is 0. The SMILES string of the molecule is COc1cccc(C(=O)/C=C/c2ccccc2)c1OS(=O)(=O)C(F)(F)F. The van der Waals surface area contributed by atoms with E-state index in [-0.39, 0.29) is 11.3 Å². The summed E-state index contributed by atoms with van der Waals surface area (Å²) in [4.78, 5) is 12.3. The molecule has 2 aromatic carbocycles. The smallest absolute Gasteiger partial charge is 0.493 e. The molecular weight excluding hydrogens is 373 g/mol. The number of allylic oxidation sites excluding steroid dienone is 1. The van der Waals surface area contributed by atoms with Gasteiger partial charge in [-0.2, -0.15) is 21.6 Å².